The summed E-state index contributed by atoms with van der Waals surface area (Å²) in [7, 11) is 0. The van der Waals surface area contributed by atoms with Gasteiger partial charge < -0.3 is 15.4 Å². The van der Waals surface area contributed by atoms with Gasteiger partial charge in [0.25, 0.3) is 6.43 Å². The Hall–Kier alpha value is -2.70. The first-order valence-electron chi connectivity index (χ1n) is 8.08. The maximum atomic E-state index is 12.7. The number of aryl methyl sites for hydroxylation is 1. The number of nitrogens with one attached hydrogen (secondary N) is 2. The fourth-order valence-electron chi connectivity index (χ4n) is 2.88. The second-order valence-corrected chi connectivity index (χ2v) is 5.91. The summed E-state index contributed by atoms with van der Waals surface area (Å²) in [6.07, 6.45) is 0.179. The Morgan fingerprint density at radius 1 is 1.36 bits per heavy atom. The van der Waals surface area contributed by atoms with Gasteiger partial charge in [0, 0.05) is 5.56 Å². The van der Waals surface area contributed by atoms with Crippen LogP contribution in [-0.4, -0.2) is 17.6 Å². The number of urea groups is 1. The molecule has 5 nitrogen and oxygen atoms in total. The molecule has 0 saturated heterocycles. The molecule has 2 aromatic rings. The van der Waals surface area contributed by atoms with E-state index in [4.69, 9.17) is 4.74 Å². The number of fused-ring (bicyclic) bond motifs is 1. The zero-order valence-corrected chi connectivity index (χ0v) is 13.8. The number of alkyl halides is 2. The SMILES string of the molecule is Cc1cc(NC(=O)NC2CCCOc3ccccc32)cnc1C(F)F. The van der Waals surface area contributed by atoms with Crippen LogP contribution in [0.15, 0.2) is 36.5 Å². The van der Waals surface area contributed by atoms with Gasteiger partial charge in [-0.1, -0.05) is 18.2 Å². The van der Waals surface area contributed by atoms with Gasteiger partial charge in [-0.05, 0) is 37.5 Å². The Balaban J connectivity index is 1.70. The van der Waals surface area contributed by atoms with Gasteiger partial charge in [-0.2, -0.15) is 0 Å². The number of aromatic nitrogens is 1. The normalized spacial score (nSPS) is 16.6. The molecule has 1 unspecified atom stereocenters. The van der Waals surface area contributed by atoms with Crippen molar-refractivity contribution in [3.8, 4) is 5.75 Å². The van der Waals surface area contributed by atoms with Gasteiger partial charge >= 0.3 is 6.03 Å². The number of benzene rings is 1. The van der Waals surface area contributed by atoms with Gasteiger partial charge in [0.15, 0.2) is 0 Å². The molecule has 0 aliphatic carbocycles. The summed E-state index contributed by atoms with van der Waals surface area (Å²) in [5, 5.41) is 5.56. The third kappa shape index (κ3) is 4.04. The summed E-state index contributed by atoms with van der Waals surface area (Å²) < 4.78 is 31.1. The number of hydrogen-bond acceptors (Lipinski definition) is 3. The molecule has 1 atom stereocenters. The molecule has 1 aliphatic heterocycles. The van der Waals surface area contributed by atoms with Gasteiger partial charge in [-0.25, -0.2) is 13.6 Å². The lowest BCUT2D eigenvalue weighted by Gasteiger charge is -2.19. The largest absolute Gasteiger partial charge is 0.493 e. The van der Waals surface area contributed by atoms with Crippen molar-refractivity contribution in [2.24, 2.45) is 0 Å². The van der Waals surface area contributed by atoms with Crippen molar-refractivity contribution in [2.75, 3.05) is 11.9 Å². The third-order valence-electron chi connectivity index (χ3n) is 4.08. The number of carbonyl (C=O) groups is 1. The maximum absolute atomic E-state index is 12.7. The van der Waals surface area contributed by atoms with E-state index in [-0.39, 0.29) is 11.7 Å². The zero-order valence-electron chi connectivity index (χ0n) is 13.8. The van der Waals surface area contributed by atoms with Crippen LogP contribution in [0.1, 0.15) is 42.1 Å². The quantitative estimate of drug-likeness (QED) is 0.867. The maximum Gasteiger partial charge on any atom is 0.319 e. The van der Waals surface area contributed by atoms with Crippen molar-refractivity contribution in [2.45, 2.75) is 32.2 Å². The summed E-state index contributed by atoms with van der Waals surface area (Å²) in [4.78, 5) is 16.0. The minimum atomic E-state index is -2.63. The second-order valence-electron chi connectivity index (χ2n) is 5.91. The molecule has 0 bridgehead atoms. The number of rotatable bonds is 3. The number of carbonyl (C=O) groups excluding carboxylic acids is 1. The molecular formula is C18H19F2N3O2. The Morgan fingerprint density at radius 3 is 2.92 bits per heavy atom. The number of anilines is 1. The molecule has 2 heterocycles. The van der Waals surface area contributed by atoms with E-state index in [1.807, 2.05) is 24.3 Å². The predicted octanol–water partition coefficient (Wildman–Crippen LogP) is 4.36. The highest BCUT2D eigenvalue weighted by molar-refractivity contribution is 5.89. The number of nitrogens with zero attached hydrogens (tertiary/aromatic N) is 1. The van der Waals surface area contributed by atoms with Gasteiger partial charge in [-0.3, -0.25) is 4.98 Å². The molecule has 132 valence electrons. The van der Waals surface area contributed by atoms with Crippen LogP contribution in [0.2, 0.25) is 0 Å². The fourth-order valence-corrected chi connectivity index (χ4v) is 2.88. The number of pyridine rings is 1. The third-order valence-corrected chi connectivity index (χ3v) is 4.08. The van der Waals surface area contributed by atoms with E-state index in [2.05, 4.69) is 15.6 Å². The first-order valence-corrected chi connectivity index (χ1v) is 8.08. The van der Waals surface area contributed by atoms with E-state index in [1.165, 1.54) is 19.2 Å². The highest BCUT2D eigenvalue weighted by atomic mass is 19.3. The van der Waals surface area contributed by atoms with Gasteiger partial charge in [-0.15, -0.1) is 0 Å². The van der Waals surface area contributed by atoms with Crippen LogP contribution in [0.3, 0.4) is 0 Å². The van der Waals surface area contributed by atoms with E-state index in [1.54, 1.807) is 0 Å². The molecule has 2 N–H and O–H groups in total. The Morgan fingerprint density at radius 2 is 2.16 bits per heavy atom. The predicted molar refractivity (Wildman–Crippen MR) is 90.0 cm³/mol. The summed E-state index contributed by atoms with van der Waals surface area (Å²) in [5.41, 5.74) is 1.36. The first kappa shape index (κ1) is 17.1. The van der Waals surface area contributed by atoms with E-state index in [9.17, 15) is 13.6 Å². The topological polar surface area (TPSA) is 63.2 Å². The summed E-state index contributed by atoms with van der Waals surface area (Å²) in [6, 6.07) is 8.49. The molecule has 0 fully saturated rings. The minimum absolute atomic E-state index is 0.173. The minimum Gasteiger partial charge on any atom is -0.493 e. The van der Waals surface area contributed by atoms with E-state index >= 15 is 0 Å². The van der Waals surface area contributed by atoms with Gasteiger partial charge in [0.2, 0.25) is 0 Å². The van der Waals surface area contributed by atoms with Crippen LogP contribution >= 0.6 is 0 Å². The van der Waals surface area contributed by atoms with Crippen molar-refractivity contribution in [3.63, 3.8) is 0 Å². The number of amides is 2. The van der Waals surface area contributed by atoms with Crippen LogP contribution in [-0.2, 0) is 0 Å². The van der Waals surface area contributed by atoms with Crippen LogP contribution in [0.25, 0.3) is 0 Å². The van der Waals surface area contributed by atoms with Crippen molar-refractivity contribution in [1.82, 2.24) is 10.3 Å². The monoisotopic (exact) mass is 347 g/mol. The average Bonchev–Trinajstić information content (AvgIpc) is 2.77. The van der Waals surface area contributed by atoms with Crippen LogP contribution in [0.4, 0.5) is 19.3 Å². The van der Waals surface area contributed by atoms with Gasteiger partial charge in [0.05, 0.1) is 24.5 Å². The van der Waals surface area contributed by atoms with Crippen LogP contribution in [0, 0.1) is 6.92 Å². The molecule has 2 amide bonds. The standard InChI is InChI=1S/C18H19F2N3O2/c1-11-9-12(10-21-16(11)17(19)20)22-18(24)23-14-6-4-8-25-15-7-3-2-5-13(14)15/h2-3,5,7,9-10,14,17H,4,6,8H2,1H3,(H2,22,23,24). The molecule has 0 saturated carbocycles. The number of halogens is 2. The van der Waals surface area contributed by atoms with Crippen molar-refractivity contribution in [3.05, 3.63) is 53.3 Å². The Labute approximate surface area is 144 Å². The fraction of sp³-hybridized carbons (Fsp3) is 0.333. The van der Waals surface area contributed by atoms with Crippen molar-refractivity contribution >= 4 is 11.7 Å². The zero-order chi connectivity index (χ0) is 17.8. The Kier molecular flexibility index (Phi) is 5.11. The molecule has 1 aliphatic rings. The number of ether oxygens (including phenoxy) is 1. The smallest absolute Gasteiger partial charge is 0.319 e. The first-order chi connectivity index (χ1) is 12.0. The molecule has 1 aromatic carbocycles. The molecule has 0 radical (unpaired) electrons. The van der Waals surface area contributed by atoms with E-state index < -0.39 is 12.5 Å². The van der Waals surface area contributed by atoms with Crippen molar-refractivity contribution in [1.29, 1.82) is 0 Å². The summed E-state index contributed by atoms with van der Waals surface area (Å²) in [5.74, 6) is 0.768. The lowest BCUT2D eigenvalue weighted by molar-refractivity contribution is 0.145. The molecule has 3 rings (SSSR count). The Bertz CT molecular complexity index is 768. The average molecular weight is 347 g/mol. The van der Waals surface area contributed by atoms with Crippen LogP contribution < -0.4 is 15.4 Å². The van der Waals surface area contributed by atoms with Gasteiger partial charge in [0.1, 0.15) is 11.4 Å². The molecule has 7 heteroatoms. The number of para-hydroxylation sites is 1. The van der Waals surface area contributed by atoms with Crippen molar-refractivity contribution < 1.29 is 18.3 Å². The molecular weight excluding hydrogens is 328 g/mol. The molecule has 25 heavy (non-hydrogen) atoms. The second kappa shape index (κ2) is 7.46. The molecule has 0 spiro atoms. The highest BCUT2D eigenvalue weighted by Gasteiger charge is 2.21. The lowest BCUT2D eigenvalue weighted by Crippen LogP contribution is -2.32. The lowest BCUT2D eigenvalue weighted by atomic mass is 10.0. The molecule has 1 aromatic heterocycles. The number of hydrogen-bond donors (Lipinski definition) is 2. The van der Waals surface area contributed by atoms with E-state index in [0.29, 0.717) is 17.9 Å². The van der Waals surface area contributed by atoms with E-state index in [0.717, 1.165) is 24.2 Å². The summed E-state index contributed by atoms with van der Waals surface area (Å²) >= 11 is 0. The van der Waals surface area contributed by atoms with Crippen LogP contribution in [0.5, 0.6) is 5.75 Å². The summed E-state index contributed by atoms with van der Waals surface area (Å²) in [6.45, 7) is 2.14. The highest BCUT2D eigenvalue weighted by Crippen LogP contribution is 2.31.